The third kappa shape index (κ3) is 6.62. The Labute approximate surface area is 103 Å². The van der Waals surface area contributed by atoms with Gasteiger partial charge in [-0.2, -0.15) is 0 Å². The highest BCUT2D eigenvalue weighted by atomic mass is 35.5. The molecule has 2 nitrogen and oxygen atoms in total. The second-order valence-corrected chi connectivity index (χ2v) is 4.82. The lowest BCUT2D eigenvalue weighted by atomic mass is 10.3. The van der Waals surface area contributed by atoms with Crippen LogP contribution in [0.2, 0.25) is 0 Å². The van der Waals surface area contributed by atoms with Crippen molar-refractivity contribution >= 4 is 23.2 Å². The maximum atomic E-state index is 5.86. The van der Waals surface area contributed by atoms with Gasteiger partial charge < -0.3 is 9.47 Å². The van der Waals surface area contributed by atoms with Gasteiger partial charge in [-0.3, -0.25) is 0 Å². The molecule has 0 bridgehead atoms. The van der Waals surface area contributed by atoms with Gasteiger partial charge in [-0.1, -0.05) is 49.9 Å². The normalized spacial score (nSPS) is 12.4. The molecule has 4 heteroatoms. The van der Waals surface area contributed by atoms with Crippen LogP contribution in [0.5, 0.6) is 0 Å². The fourth-order valence-corrected chi connectivity index (χ4v) is 1.26. The van der Waals surface area contributed by atoms with Gasteiger partial charge >= 0.3 is 0 Å². The van der Waals surface area contributed by atoms with E-state index in [1.54, 1.807) is 6.92 Å². The average molecular weight is 257 g/mol. The van der Waals surface area contributed by atoms with Gasteiger partial charge in [0.05, 0.1) is 13.2 Å². The Bertz CT molecular complexity index is 142. The minimum atomic E-state index is -0.868. The zero-order valence-electron chi connectivity index (χ0n) is 9.89. The van der Waals surface area contributed by atoms with Crippen molar-refractivity contribution in [3.63, 3.8) is 0 Å². The van der Waals surface area contributed by atoms with Crippen LogP contribution in [0.25, 0.3) is 0 Å². The van der Waals surface area contributed by atoms with Crippen LogP contribution in [-0.2, 0) is 9.47 Å². The highest BCUT2D eigenvalue weighted by Crippen LogP contribution is 2.26. The quantitative estimate of drug-likeness (QED) is 0.351. The first-order valence-corrected chi connectivity index (χ1v) is 6.50. The molecule has 0 N–H and O–H groups in total. The summed E-state index contributed by atoms with van der Waals surface area (Å²) >= 11 is 11.7. The molecule has 0 radical (unpaired) electrons. The molecule has 15 heavy (non-hydrogen) atoms. The van der Waals surface area contributed by atoms with Crippen molar-refractivity contribution < 1.29 is 9.47 Å². The largest absolute Gasteiger partial charge is 0.348 e. The van der Waals surface area contributed by atoms with E-state index in [2.05, 4.69) is 13.8 Å². The second kappa shape index (κ2) is 8.63. The summed E-state index contributed by atoms with van der Waals surface area (Å²) in [6.45, 7) is 7.28. The summed E-state index contributed by atoms with van der Waals surface area (Å²) < 4.78 is 11.2. The summed E-state index contributed by atoms with van der Waals surface area (Å²) in [5, 5.41) is 0. The van der Waals surface area contributed by atoms with Crippen molar-refractivity contribution in [2.75, 3.05) is 13.2 Å². The first kappa shape index (κ1) is 15.5. The molecule has 0 aliphatic rings. The molecular formula is C11H22Cl2O2. The number of hydrogen-bond donors (Lipinski definition) is 0. The van der Waals surface area contributed by atoms with E-state index in [1.807, 2.05) is 0 Å². The van der Waals surface area contributed by atoms with Gasteiger partial charge in [-0.15, -0.1) is 0 Å². The molecule has 92 valence electrons. The minimum Gasteiger partial charge on any atom is -0.348 e. The Kier molecular flexibility index (Phi) is 8.92. The first-order chi connectivity index (χ1) is 7.06. The van der Waals surface area contributed by atoms with E-state index in [0.29, 0.717) is 13.2 Å². The van der Waals surface area contributed by atoms with Crippen molar-refractivity contribution in [3.8, 4) is 0 Å². The molecule has 0 spiro atoms. The van der Waals surface area contributed by atoms with E-state index in [4.69, 9.17) is 32.7 Å². The molecule has 0 amide bonds. The Morgan fingerprint density at radius 2 is 1.40 bits per heavy atom. The monoisotopic (exact) mass is 256 g/mol. The molecule has 0 aromatic carbocycles. The van der Waals surface area contributed by atoms with Gasteiger partial charge in [0.15, 0.2) is 10.6 Å². The predicted molar refractivity (Wildman–Crippen MR) is 65.6 cm³/mol. The molecule has 0 aliphatic carbocycles. The third-order valence-electron chi connectivity index (χ3n) is 2.17. The van der Waals surface area contributed by atoms with E-state index < -0.39 is 10.6 Å². The van der Waals surface area contributed by atoms with Crippen LogP contribution in [0.3, 0.4) is 0 Å². The lowest BCUT2D eigenvalue weighted by Crippen LogP contribution is -2.39. The molecule has 0 saturated carbocycles. The summed E-state index contributed by atoms with van der Waals surface area (Å²) in [6.07, 6.45) is 4.15. The SMILES string of the molecule is CCCCOC(C)(OCCCC)C(Cl)Cl. The van der Waals surface area contributed by atoms with Crippen LogP contribution in [-0.4, -0.2) is 23.8 Å². The molecule has 0 aliphatic heterocycles. The fraction of sp³-hybridized carbons (Fsp3) is 1.00. The highest BCUT2D eigenvalue weighted by molar-refractivity contribution is 6.45. The highest BCUT2D eigenvalue weighted by Gasteiger charge is 2.33. The summed E-state index contributed by atoms with van der Waals surface area (Å²) in [6, 6.07) is 0. The molecule has 0 atom stereocenters. The second-order valence-electron chi connectivity index (χ2n) is 3.72. The number of halogens is 2. The molecule has 0 rings (SSSR count). The van der Waals surface area contributed by atoms with Gasteiger partial charge in [0, 0.05) is 0 Å². The number of alkyl halides is 2. The van der Waals surface area contributed by atoms with Crippen LogP contribution < -0.4 is 0 Å². The van der Waals surface area contributed by atoms with Crippen molar-refractivity contribution in [1.29, 1.82) is 0 Å². The summed E-state index contributed by atoms with van der Waals surface area (Å²) in [4.78, 5) is -0.661. The van der Waals surface area contributed by atoms with E-state index in [-0.39, 0.29) is 0 Å². The topological polar surface area (TPSA) is 18.5 Å². The van der Waals surface area contributed by atoms with E-state index in [9.17, 15) is 0 Å². The molecule has 0 heterocycles. The van der Waals surface area contributed by atoms with Gasteiger partial charge in [-0.25, -0.2) is 0 Å². The zero-order valence-corrected chi connectivity index (χ0v) is 11.4. The minimum absolute atomic E-state index is 0.634. The van der Waals surface area contributed by atoms with Crippen LogP contribution in [0.15, 0.2) is 0 Å². The standard InChI is InChI=1S/C11H22Cl2O2/c1-4-6-8-14-11(3,10(12)13)15-9-7-5-2/h10H,4-9H2,1-3H3. The maximum Gasteiger partial charge on any atom is 0.195 e. The summed E-state index contributed by atoms with van der Waals surface area (Å²) in [7, 11) is 0. The summed E-state index contributed by atoms with van der Waals surface area (Å²) in [5.74, 6) is -0.868. The smallest absolute Gasteiger partial charge is 0.195 e. The van der Waals surface area contributed by atoms with E-state index in [0.717, 1.165) is 25.7 Å². The zero-order chi connectivity index (χ0) is 11.7. The lowest BCUT2D eigenvalue weighted by Gasteiger charge is -2.31. The molecular weight excluding hydrogens is 235 g/mol. The van der Waals surface area contributed by atoms with Crippen LogP contribution >= 0.6 is 23.2 Å². The van der Waals surface area contributed by atoms with Crippen molar-refractivity contribution in [2.24, 2.45) is 0 Å². The number of ether oxygens (including phenoxy) is 2. The Morgan fingerprint density at radius 3 is 1.67 bits per heavy atom. The number of unbranched alkanes of at least 4 members (excludes halogenated alkanes) is 2. The third-order valence-corrected chi connectivity index (χ3v) is 2.96. The van der Waals surface area contributed by atoms with Gasteiger partial charge in [-0.05, 0) is 19.8 Å². The molecule has 0 unspecified atom stereocenters. The van der Waals surface area contributed by atoms with Crippen molar-refractivity contribution in [1.82, 2.24) is 0 Å². The van der Waals surface area contributed by atoms with Crippen LogP contribution in [0, 0.1) is 0 Å². The number of hydrogen-bond acceptors (Lipinski definition) is 2. The van der Waals surface area contributed by atoms with Crippen LogP contribution in [0.4, 0.5) is 0 Å². The van der Waals surface area contributed by atoms with Crippen molar-refractivity contribution in [3.05, 3.63) is 0 Å². The van der Waals surface area contributed by atoms with Gasteiger partial charge in [0.2, 0.25) is 0 Å². The molecule has 0 saturated heterocycles. The van der Waals surface area contributed by atoms with E-state index in [1.165, 1.54) is 0 Å². The lowest BCUT2D eigenvalue weighted by molar-refractivity contribution is -0.217. The fourth-order valence-electron chi connectivity index (χ4n) is 1.01. The summed E-state index contributed by atoms with van der Waals surface area (Å²) in [5.41, 5.74) is 0. The van der Waals surface area contributed by atoms with Gasteiger partial charge in [0.25, 0.3) is 0 Å². The van der Waals surface area contributed by atoms with E-state index >= 15 is 0 Å². The average Bonchev–Trinajstić information content (AvgIpc) is 2.18. The number of rotatable bonds is 9. The molecule has 0 aromatic heterocycles. The van der Waals surface area contributed by atoms with Crippen LogP contribution in [0.1, 0.15) is 46.5 Å². The maximum absolute atomic E-state index is 5.86. The predicted octanol–water partition coefficient (Wildman–Crippen LogP) is 4.14. The first-order valence-electron chi connectivity index (χ1n) is 5.62. The molecule has 0 fully saturated rings. The van der Waals surface area contributed by atoms with Crippen molar-refractivity contribution in [2.45, 2.75) is 57.1 Å². The van der Waals surface area contributed by atoms with Gasteiger partial charge in [0.1, 0.15) is 0 Å². The Hall–Kier alpha value is 0.500. The molecule has 0 aromatic rings. The Morgan fingerprint density at radius 1 is 1.00 bits per heavy atom. The Balaban J connectivity index is 3.95.